The van der Waals surface area contributed by atoms with E-state index < -0.39 is 0 Å². The van der Waals surface area contributed by atoms with Gasteiger partial charge in [0.25, 0.3) is 0 Å². The molecule has 1 aromatic rings. The monoisotopic (exact) mass is 314 g/mol. The molecular formula is C21H34N2. The van der Waals surface area contributed by atoms with E-state index in [1.807, 2.05) is 0 Å². The maximum absolute atomic E-state index is 2.81. The minimum absolute atomic E-state index is 0.775. The first kappa shape index (κ1) is 17.0. The molecule has 0 unspecified atom stereocenters. The van der Waals surface area contributed by atoms with E-state index in [0.717, 1.165) is 24.5 Å². The smallest absolute Gasteiger partial charge is 0.0236 e. The Kier molecular flexibility index (Phi) is 6.13. The quantitative estimate of drug-likeness (QED) is 0.786. The van der Waals surface area contributed by atoms with Crippen molar-refractivity contribution in [1.29, 1.82) is 0 Å². The Morgan fingerprint density at radius 2 is 1.78 bits per heavy atom. The molecule has 1 heterocycles. The molecule has 2 atom stereocenters. The van der Waals surface area contributed by atoms with Gasteiger partial charge < -0.3 is 4.90 Å². The highest BCUT2D eigenvalue weighted by Crippen LogP contribution is 2.30. The highest BCUT2D eigenvalue weighted by Gasteiger charge is 2.29. The van der Waals surface area contributed by atoms with Gasteiger partial charge in [0.1, 0.15) is 0 Å². The van der Waals surface area contributed by atoms with Gasteiger partial charge in [-0.2, -0.15) is 0 Å². The summed E-state index contributed by atoms with van der Waals surface area (Å²) in [7, 11) is 0. The molecule has 3 rings (SSSR count). The minimum Gasteiger partial charge on any atom is -0.300 e. The van der Waals surface area contributed by atoms with Gasteiger partial charge in [0.2, 0.25) is 0 Å². The maximum Gasteiger partial charge on any atom is 0.0236 e. The van der Waals surface area contributed by atoms with E-state index in [4.69, 9.17) is 0 Å². The van der Waals surface area contributed by atoms with Crippen molar-refractivity contribution >= 4 is 0 Å². The molecule has 1 aliphatic carbocycles. The molecule has 0 radical (unpaired) electrons. The fraction of sp³-hybridized carbons (Fsp3) is 0.714. The first-order valence-electron chi connectivity index (χ1n) is 9.78. The van der Waals surface area contributed by atoms with Crippen LogP contribution < -0.4 is 0 Å². The second-order valence-corrected chi connectivity index (χ2v) is 7.74. The van der Waals surface area contributed by atoms with E-state index >= 15 is 0 Å². The van der Waals surface area contributed by atoms with Crippen LogP contribution in [0.15, 0.2) is 30.3 Å². The zero-order valence-electron chi connectivity index (χ0n) is 15.1. The molecule has 23 heavy (non-hydrogen) atoms. The van der Waals surface area contributed by atoms with Gasteiger partial charge in [-0.15, -0.1) is 0 Å². The van der Waals surface area contributed by atoms with Gasteiger partial charge in [-0.25, -0.2) is 0 Å². The summed E-state index contributed by atoms with van der Waals surface area (Å²) in [6, 6.07) is 12.6. The Bertz CT molecular complexity index is 450. The third-order valence-corrected chi connectivity index (χ3v) is 6.08. The van der Waals surface area contributed by atoms with Crippen molar-refractivity contribution in [2.24, 2.45) is 5.92 Å². The summed E-state index contributed by atoms with van der Waals surface area (Å²) in [4.78, 5) is 5.50. The van der Waals surface area contributed by atoms with E-state index in [-0.39, 0.29) is 0 Å². The van der Waals surface area contributed by atoms with Gasteiger partial charge in [-0.3, -0.25) is 4.90 Å². The van der Waals surface area contributed by atoms with Crippen LogP contribution in [0, 0.1) is 5.92 Å². The van der Waals surface area contributed by atoms with Crippen LogP contribution in [0.4, 0.5) is 0 Å². The topological polar surface area (TPSA) is 6.48 Å². The average Bonchev–Trinajstić information content (AvgIpc) is 2.61. The molecular weight excluding hydrogens is 280 g/mol. The Labute approximate surface area is 142 Å². The lowest BCUT2D eigenvalue weighted by molar-refractivity contribution is 0.0615. The number of benzene rings is 1. The summed E-state index contributed by atoms with van der Waals surface area (Å²) in [6.07, 6.45) is 8.48. The van der Waals surface area contributed by atoms with Crippen LogP contribution in [0.2, 0.25) is 0 Å². The third-order valence-electron chi connectivity index (χ3n) is 6.08. The van der Waals surface area contributed by atoms with Gasteiger partial charge in [0, 0.05) is 18.6 Å². The van der Waals surface area contributed by atoms with Gasteiger partial charge in [0.15, 0.2) is 0 Å². The van der Waals surface area contributed by atoms with Crippen molar-refractivity contribution in [1.82, 2.24) is 9.80 Å². The Morgan fingerprint density at radius 1 is 1.04 bits per heavy atom. The van der Waals surface area contributed by atoms with Crippen molar-refractivity contribution in [2.45, 2.75) is 71.0 Å². The average molecular weight is 315 g/mol. The second-order valence-electron chi connectivity index (χ2n) is 7.74. The maximum atomic E-state index is 2.81. The van der Waals surface area contributed by atoms with E-state index in [1.165, 1.54) is 63.7 Å². The fourth-order valence-electron chi connectivity index (χ4n) is 4.67. The summed E-state index contributed by atoms with van der Waals surface area (Å²) < 4.78 is 0. The fourth-order valence-corrected chi connectivity index (χ4v) is 4.67. The summed E-state index contributed by atoms with van der Waals surface area (Å²) in [5, 5.41) is 0. The summed E-state index contributed by atoms with van der Waals surface area (Å²) in [5.41, 5.74) is 1.46. The summed E-state index contributed by atoms with van der Waals surface area (Å²) in [5.74, 6) is 0.941. The Morgan fingerprint density at radius 3 is 2.43 bits per heavy atom. The number of piperidine rings is 1. The molecule has 128 valence electrons. The molecule has 1 saturated carbocycles. The highest BCUT2D eigenvalue weighted by atomic mass is 15.2. The minimum atomic E-state index is 0.775. The number of hydrogen-bond donors (Lipinski definition) is 0. The van der Waals surface area contributed by atoms with Gasteiger partial charge in [0.05, 0.1) is 0 Å². The molecule has 2 fully saturated rings. The van der Waals surface area contributed by atoms with Crippen LogP contribution in [0.5, 0.6) is 0 Å². The number of likely N-dealkylation sites (tertiary alicyclic amines) is 1. The lowest BCUT2D eigenvalue weighted by Gasteiger charge is -2.43. The predicted octanol–water partition coefficient (Wildman–Crippen LogP) is 4.55. The highest BCUT2D eigenvalue weighted by molar-refractivity contribution is 5.14. The molecule has 1 aromatic carbocycles. The number of rotatable bonds is 5. The van der Waals surface area contributed by atoms with Crippen molar-refractivity contribution in [3.63, 3.8) is 0 Å². The Hall–Kier alpha value is -0.860. The van der Waals surface area contributed by atoms with Gasteiger partial charge >= 0.3 is 0 Å². The van der Waals surface area contributed by atoms with Crippen molar-refractivity contribution < 1.29 is 0 Å². The molecule has 2 nitrogen and oxygen atoms in total. The number of nitrogens with zero attached hydrogens (tertiary/aromatic N) is 2. The molecule has 0 amide bonds. The molecule has 1 aliphatic heterocycles. The lowest BCUT2D eigenvalue weighted by Crippen LogP contribution is -2.48. The van der Waals surface area contributed by atoms with Crippen molar-refractivity contribution in [3.8, 4) is 0 Å². The van der Waals surface area contributed by atoms with Crippen LogP contribution in [-0.4, -0.2) is 41.5 Å². The third kappa shape index (κ3) is 4.58. The molecule has 0 spiro atoms. The molecule has 0 N–H and O–H groups in total. The largest absolute Gasteiger partial charge is 0.300 e. The van der Waals surface area contributed by atoms with Crippen molar-refractivity contribution in [2.75, 3.05) is 19.6 Å². The van der Waals surface area contributed by atoms with E-state index in [9.17, 15) is 0 Å². The second kappa shape index (κ2) is 8.30. The zero-order chi connectivity index (χ0) is 16.1. The molecule has 0 aromatic heterocycles. The van der Waals surface area contributed by atoms with E-state index in [1.54, 1.807) is 0 Å². The first-order chi connectivity index (χ1) is 11.3. The SMILES string of the molecule is CCN(Cc1ccccc1)C1CCN([C@@H]2CCC[C@@H](C)C2)CC1. The van der Waals surface area contributed by atoms with Crippen molar-refractivity contribution in [3.05, 3.63) is 35.9 Å². The molecule has 2 heteroatoms. The first-order valence-corrected chi connectivity index (χ1v) is 9.78. The van der Waals surface area contributed by atoms with Crippen LogP contribution in [0.1, 0.15) is 57.9 Å². The van der Waals surface area contributed by atoms with Crippen LogP contribution >= 0.6 is 0 Å². The lowest BCUT2D eigenvalue weighted by atomic mass is 9.85. The van der Waals surface area contributed by atoms with E-state index in [0.29, 0.717) is 0 Å². The normalized spacial score (nSPS) is 27.4. The predicted molar refractivity (Wildman–Crippen MR) is 98.5 cm³/mol. The van der Waals surface area contributed by atoms with Gasteiger partial charge in [-0.05, 0) is 56.8 Å². The van der Waals surface area contributed by atoms with Gasteiger partial charge in [-0.1, -0.05) is 57.0 Å². The van der Waals surface area contributed by atoms with Crippen LogP contribution in [0.25, 0.3) is 0 Å². The Balaban J connectivity index is 1.50. The van der Waals surface area contributed by atoms with Crippen LogP contribution in [-0.2, 0) is 6.54 Å². The van der Waals surface area contributed by atoms with Crippen LogP contribution in [0.3, 0.4) is 0 Å². The summed E-state index contributed by atoms with van der Waals surface area (Å²) in [6.45, 7) is 9.67. The zero-order valence-corrected chi connectivity index (χ0v) is 15.1. The number of hydrogen-bond acceptors (Lipinski definition) is 2. The molecule has 0 bridgehead atoms. The molecule has 1 saturated heterocycles. The molecule has 2 aliphatic rings. The van der Waals surface area contributed by atoms with E-state index in [2.05, 4.69) is 54.0 Å². The standard InChI is InChI=1S/C21H34N2/c1-3-22(17-19-9-5-4-6-10-19)20-12-14-23(15-13-20)21-11-7-8-18(2)16-21/h4-6,9-10,18,20-21H,3,7-8,11-17H2,1-2H3/t18-,21-/m1/s1. The summed E-state index contributed by atoms with van der Waals surface area (Å²) >= 11 is 0.